The molecular formula is C23H23ClN6OS2. The monoisotopic (exact) mass is 498 g/mol. The molecule has 1 amide bonds. The third-order valence-corrected chi connectivity index (χ3v) is 7.42. The number of thiazole rings is 1. The number of benzene rings is 1. The van der Waals surface area contributed by atoms with Crippen LogP contribution in [-0.2, 0) is 5.75 Å². The van der Waals surface area contributed by atoms with Gasteiger partial charge in [-0.25, -0.2) is 4.98 Å². The smallest absolute Gasteiger partial charge is 0.270 e. The second kappa shape index (κ2) is 10.5. The maximum atomic E-state index is 12.5. The van der Waals surface area contributed by atoms with Crippen LogP contribution in [0, 0.1) is 5.92 Å². The predicted octanol–water partition coefficient (Wildman–Crippen LogP) is 5.51. The summed E-state index contributed by atoms with van der Waals surface area (Å²) in [7, 11) is 0. The van der Waals surface area contributed by atoms with E-state index in [1.54, 1.807) is 17.8 Å². The zero-order valence-electron chi connectivity index (χ0n) is 18.4. The van der Waals surface area contributed by atoms with Crippen LogP contribution in [0.5, 0.6) is 0 Å². The largest absolute Gasteiger partial charge is 0.348 e. The molecule has 3 aromatic heterocycles. The molecule has 0 aliphatic heterocycles. The third-order valence-electron chi connectivity index (χ3n) is 5.13. The highest BCUT2D eigenvalue weighted by atomic mass is 35.5. The molecule has 33 heavy (non-hydrogen) atoms. The molecular weight excluding hydrogens is 476 g/mol. The number of nitrogens with one attached hydrogen (secondary N) is 1. The van der Waals surface area contributed by atoms with Crippen LogP contribution < -0.4 is 5.32 Å². The SMILES string of the molecule is CC(C)C(C)NC(=O)c1csc(CSc2nnc(-c3ccncc3)n2-c2ccccc2Cl)n1. The van der Waals surface area contributed by atoms with Crippen LogP contribution in [0.4, 0.5) is 0 Å². The van der Waals surface area contributed by atoms with E-state index in [0.717, 1.165) is 16.3 Å². The van der Waals surface area contributed by atoms with Gasteiger partial charge in [0, 0.05) is 29.4 Å². The number of aromatic nitrogens is 5. The third kappa shape index (κ3) is 5.43. The fourth-order valence-corrected chi connectivity index (χ4v) is 4.91. The Kier molecular flexibility index (Phi) is 7.42. The number of halogens is 1. The number of para-hydroxylation sites is 1. The Morgan fingerprint density at radius 3 is 2.64 bits per heavy atom. The normalized spacial score (nSPS) is 12.2. The molecule has 0 spiro atoms. The van der Waals surface area contributed by atoms with Crippen molar-refractivity contribution in [2.75, 3.05) is 0 Å². The first-order chi connectivity index (χ1) is 15.9. The number of hydrogen-bond donors (Lipinski definition) is 1. The van der Waals surface area contributed by atoms with Crippen molar-refractivity contribution in [3.05, 3.63) is 69.9 Å². The van der Waals surface area contributed by atoms with E-state index in [0.29, 0.717) is 33.4 Å². The molecule has 0 fully saturated rings. The van der Waals surface area contributed by atoms with Crippen LogP contribution in [0.25, 0.3) is 17.1 Å². The van der Waals surface area contributed by atoms with Gasteiger partial charge in [-0.05, 0) is 37.1 Å². The van der Waals surface area contributed by atoms with Crippen molar-refractivity contribution in [2.24, 2.45) is 5.92 Å². The van der Waals surface area contributed by atoms with Gasteiger partial charge >= 0.3 is 0 Å². The second-order valence-corrected chi connectivity index (χ2v) is 10.0. The molecule has 0 saturated carbocycles. The molecule has 1 aromatic carbocycles. The van der Waals surface area contributed by atoms with Crippen LogP contribution in [-0.4, -0.2) is 36.7 Å². The van der Waals surface area contributed by atoms with Gasteiger partial charge in [0.25, 0.3) is 5.91 Å². The summed E-state index contributed by atoms with van der Waals surface area (Å²) in [5.74, 6) is 1.43. The predicted molar refractivity (Wildman–Crippen MR) is 133 cm³/mol. The number of hydrogen-bond acceptors (Lipinski definition) is 7. The highest BCUT2D eigenvalue weighted by Gasteiger charge is 2.19. The van der Waals surface area contributed by atoms with E-state index in [4.69, 9.17) is 11.6 Å². The topological polar surface area (TPSA) is 85.6 Å². The highest BCUT2D eigenvalue weighted by molar-refractivity contribution is 7.98. The highest BCUT2D eigenvalue weighted by Crippen LogP contribution is 2.32. The Morgan fingerprint density at radius 2 is 1.91 bits per heavy atom. The fourth-order valence-electron chi connectivity index (χ4n) is 2.96. The van der Waals surface area contributed by atoms with Crippen LogP contribution in [0.2, 0.25) is 5.02 Å². The van der Waals surface area contributed by atoms with E-state index in [1.807, 2.05) is 47.9 Å². The lowest BCUT2D eigenvalue weighted by Gasteiger charge is -2.16. The van der Waals surface area contributed by atoms with Crippen molar-refractivity contribution in [1.29, 1.82) is 0 Å². The van der Waals surface area contributed by atoms with Gasteiger partial charge in [0.05, 0.1) is 16.5 Å². The Hall–Kier alpha value is -2.75. The molecule has 3 heterocycles. The number of amides is 1. The zero-order chi connectivity index (χ0) is 23.4. The first-order valence-electron chi connectivity index (χ1n) is 10.4. The van der Waals surface area contributed by atoms with Crippen molar-refractivity contribution < 1.29 is 4.79 Å². The summed E-state index contributed by atoms with van der Waals surface area (Å²) >= 11 is 9.46. The van der Waals surface area contributed by atoms with Gasteiger partial charge in [0.2, 0.25) is 0 Å². The first-order valence-corrected chi connectivity index (χ1v) is 12.7. The van der Waals surface area contributed by atoms with Crippen LogP contribution in [0.15, 0.2) is 59.3 Å². The molecule has 4 rings (SSSR count). The molecule has 7 nitrogen and oxygen atoms in total. The summed E-state index contributed by atoms with van der Waals surface area (Å²) in [4.78, 5) is 21.1. The molecule has 0 saturated heterocycles. The first kappa shape index (κ1) is 23.4. The number of thioether (sulfide) groups is 1. The molecule has 170 valence electrons. The van der Waals surface area contributed by atoms with Crippen LogP contribution >= 0.6 is 34.7 Å². The van der Waals surface area contributed by atoms with Gasteiger partial charge in [-0.1, -0.05) is 49.3 Å². The molecule has 1 unspecified atom stereocenters. The summed E-state index contributed by atoms with van der Waals surface area (Å²) < 4.78 is 1.94. The van der Waals surface area contributed by atoms with E-state index < -0.39 is 0 Å². The van der Waals surface area contributed by atoms with Gasteiger partial charge in [0.15, 0.2) is 11.0 Å². The number of carbonyl (C=O) groups excluding carboxylic acids is 1. The average Bonchev–Trinajstić information content (AvgIpc) is 3.46. The van der Waals surface area contributed by atoms with E-state index in [-0.39, 0.29) is 11.9 Å². The van der Waals surface area contributed by atoms with E-state index in [9.17, 15) is 4.79 Å². The quantitative estimate of drug-likeness (QED) is 0.322. The number of nitrogens with zero attached hydrogens (tertiary/aromatic N) is 5. The Morgan fingerprint density at radius 1 is 1.15 bits per heavy atom. The minimum absolute atomic E-state index is 0.0813. The van der Waals surface area contributed by atoms with Crippen molar-refractivity contribution in [1.82, 2.24) is 30.0 Å². The second-order valence-electron chi connectivity index (χ2n) is 7.75. The lowest BCUT2D eigenvalue weighted by atomic mass is 10.1. The number of carbonyl (C=O) groups is 1. The van der Waals surface area contributed by atoms with Gasteiger partial charge in [-0.3, -0.25) is 14.3 Å². The number of pyridine rings is 1. The molecule has 0 bridgehead atoms. The lowest BCUT2D eigenvalue weighted by molar-refractivity contribution is 0.0926. The van der Waals surface area contributed by atoms with Crippen LogP contribution in [0.3, 0.4) is 0 Å². The molecule has 4 aromatic rings. The fraction of sp³-hybridized carbons (Fsp3) is 0.261. The van der Waals surface area contributed by atoms with Gasteiger partial charge in [0.1, 0.15) is 10.7 Å². The van der Waals surface area contributed by atoms with Crippen molar-refractivity contribution in [3.8, 4) is 17.1 Å². The Balaban J connectivity index is 1.57. The minimum atomic E-state index is -0.150. The lowest BCUT2D eigenvalue weighted by Crippen LogP contribution is -2.36. The standard InChI is InChI=1S/C23H23ClN6OS2/c1-14(2)15(3)26-22(31)18-12-32-20(27-18)13-33-23-29-28-21(16-8-10-25-11-9-16)30(23)19-7-5-4-6-17(19)24/h4-12,14-15H,13H2,1-3H3,(H,26,31). The zero-order valence-corrected chi connectivity index (χ0v) is 20.8. The summed E-state index contributed by atoms with van der Waals surface area (Å²) in [5, 5.41) is 15.7. The van der Waals surface area contributed by atoms with E-state index in [2.05, 4.69) is 39.3 Å². The summed E-state index contributed by atoms with van der Waals surface area (Å²) in [6.07, 6.45) is 3.44. The molecule has 0 aliphatic rings. The molecule has 0 radical (unpaired) electrons. The average molecular weight is 499 g/mol. The number of rotatable bonds is 8. The van der Waals surface area contributed by atoms with E-state index >= 15 is 0 Å². The van der Waals surface area contributed by atoms with Gasteiger partial charge < -0.3 is 5.32 Å². The molecule has 1 N–H and O–H groups in total. The van der Waals surface area contributed by atoms with Crippen LogP contribution in [0.1, 0.15) is 36.3 Å². The summed E-state index contributed by atoms with van der Waals surface area (Å²) in [5.41, 5.74) is 2.12. The molecule has 10 heteroatoms. The van der Waals surface area contributed by atoms with Crippen molar-refractivity contribution in [3.63, 3.8) is 0 Å². The molecule has 1 atom stereocenters. The minimum Gasteiger partial charge on any atom is -0.348 e. The summed E-state index contributed by atoms with van der Waals surface area (Å²) in [6, 6.07) is 11.4. The van der Waals surface area contributed by atoms with Gasteiger partial charge in [-0.15, -0.1) is 21.5 Å². The Bertz CT molecular complexity index is 1240. The van der Waals surface area contributed by atoms with E-state index in [1.165, 1.54) is 23.1 Å². The molecule has 0 aliphatic carbocycles. The maximum absolute atomic E-state index is 12.5. The Labute approximate surface area is 205 Å². The maximum Gasteiger partial charge on any atom is 0.270 e. The summed E-state index contributed by atoms with van der Waals surface area (Å²) in [6.45, 7) is 6.14. The van der Waals surface area contributed by atoms with Crippen molar-refractivity contribution in [2.45, 2.75) is 37.7 Å². The van der Waals surface area contributed by atoms with Crippen molar-refractivity contribution >= 4 is 40.6 Å². The van der Waals surface area contributed by atoms with Gasteiger partial charge in [-0.2, -0.15) is 0 Å².